The molecule has 0 fully saturated rings. The molecule has 4 nitrogen and oxygen atoms in total. The van der Waals surface area contributed by atoms with Crippen LogP contribution in [0, 0.1) is 0 Å². The highest BCUT2D eigenvalue weighted by Crippen LogP contribution is 2.29. The molecule has 2 rings (SSSR count). The highest BCUT2D eigenvalue weighted by molar-refractivity contribution is 5.86. The number of ether oxygens (including phenoxy) is 1. The van der Waals surface area contributed by atoms with E-state index in [-0.39, 0.29) is 0 Å². The van der Waals surface area contributed by atoms with E-state index in [1.165, 1.54) is 6.20 Å². The fourth-order valence-corrected chi connectivity index (χ4v) is 1.14. The van der Waals surface area contributed by atoms with Crippen LogP contribution in [-0.2, 0) is 0 Å². The van der Waals surface area contributed by atoms with Gasteiger partial charge in [0.2, 0.25) is 5.71 Å². The molecular formula is C8H8N2O2. The van der Waals surface area contributed by atoms with E-state index >= 15 is 0 Å². The van der Waals surface area contributed by atoms with Gasteiger partial charge in [-0.05, 0) is 6.07 Å². The number of aromatic nitrogens is 1. The Hall–Kier alpha value is -1.71. The monoisotopic (exact) mass is 164 g/mol. The molecule has 0 aliphatic rings. The van der Waals surface area contributed by atoms with E-state index in [9.17, 15) is 0 Å². The number of hydrogen-bond acceptors (Lipinski definition) is 4. The quantitative estimate of drug-likeness (QED) is 0.692. The Kier molecular flexibility index (Phi) is 1.40. The van der Waals surface area contributed by atoms with Gasteiger partial charge in [0.1, 0.15) is 0 Å². The Morgan fingerprint density at radius 1 is 1.58 bits per heavy atom. The first-order valence-electron chi connectivity index (χ1n) is 3.48. The van der Waals surface area contributed by atoms with Gasteiger partial charge in [-0.2, -0.15) is 0 Å². The van der Waals surface area contributed by atoms with E-state index in [1.54, 1.807) is 19.4 Å². The SMILES string of the molecule is COc1c(N)cnc2occc12. The molecule has 0 spiro atoms. The summed E-state index contributed by atoms with van der Waals surface area (Å²) in [5, 5.41) is 0.803. The maximum Gasteiger partial charge on any atom is 0.229 e. The van der Waals surface area contributed by atoms with Crippen LogP contribution >= 0.6 is 0 Å². The van der Waals surface area contributed by atoms with Crippen LogP contribution in [0.25, 0.3) is 11.1 Å². The van der Waals surface area contributed by atoms with E-state index in [4.69, 9.17) is 14.9 Å². The molecule has 0 saturated heterocycles. The molecule has 0 amide bonds. The summed E-state index contributed by atoms with van der Waals surface area (Å²) >= 11 is 0. The van der Waals surface area contributed by atoms with Crippen molar-refractivity contribution in [3.05, 3.63) is 18.5 Å². The number of fused-ring (bicyclic) bond motifs is 1. The van der Waals surface area contributed by atoms with Crippen molar-refractivity contribution in [3.8, 4) is 5.75 Å². The molecule has 62 valence electrons. The van der Waals surface area contributed by atoms with Gasteiger partial charge in [-0.3, -0.25) is 0 Å². The number of methoxy groups -OCH3 is 1. The number of nitrogens with zero attached hydrogens (tertiary/aromatic N) is 1. The molecule has 0 unspecified atom stereocenters. The van der Waals surface area contributed by atoms with Crippen LogP contribution in [-0.4, -0.2) is 12.1 Å². The second-order valence-electron chi connectivity index (χ2n) is 2.39. The third kappa shape index (κ3) is 0.812. The molecule has 0 aromatic carbocycles. The standard InChI is InChI=1S/C8H8N2O2/c1-11-7-5-2-3-12-8(5)10-4-6(7)9/h2-4H,9H2,1H3. The molecule has 0 aliphatic carbocycles. The molecule has 0 aliphatic heterocycles. The van der Waals surface area contributed by atoms with E-state index < -0.39 is 0 Å². The van der Waals surface area contributed by atoms with Crippen molar-refractivity contribution < 1.29 is 9.15 Å². The minimum Gasteiger partial charge on any atom is -0.494 e. The summed E-state index contributed by atoms with van der Waals surface area (Å²) in [6, 6.07) is 1.78. The maximum absolute atomic E-state index is 5.63. The molecule has 2 aromatic rings. The van der Waals surface area contributed by atoms with Gasteiger partial charge in [-0.15, -0.1) is 0 Å². The average molecular weight is 164 g/mol. The predicted molar refractivity (Wildman–Crippen MR) is 45.0 cm³/mol. The minimum absolute atomic E-state index is 0.520. The second kappa shape index (κ2) is 2.41. The maximum atomic E-state index is 5.63. The molecule has 0 radical (unpaired) electrons. The molecule has 0 bridgehead atoms. The number of hydrogen-bond donors (Lipinski definition) is 1. The van der Waals surface area contributed by atoms with Gasteiger partial charge in [0, 0.05) is 0 Å². The topological polar surface area (TPSA) is 61.3 Å². The van der Waals surface area contributed by atoms with Crippen LogP contribution in [0.4, 0.5) is 5.69 Å². The number of nitrogen functional groups attached to an aromatic ring is 1. The first kappa shape index (κ1) is 6.97. The molecular weight excluding hydrogens is 156 g/mol. The van der Waals surface area contributed by atoms with Gasteiger partial charge in [-0.1, -0.05) is 0 Å². The fourth-order valence-electron chi connectivity index (χ4n) is 1.14. The molecule has 12 heavy (non-hydrogen) atoms. The molecule has 2 aromatic heterocycles. The predicted octanol–water partition coefficient (Wildman–Crippen LogP) is 1.42. The van der Waals surface area contributed by atoms with Crippen LogP contribution in [0.2, 0.25) is 0 Å². The van der Waals surface area contributed by atoms with Crippen LogP contribution in [0.1, 0.15) is 0 Å². The largest absolute Gasteiger partial charge is 0.494 e. The summed E-state index contributed by atoms with van der Waals surface area (Å²) in [6.07, 6.45) is 3.07. The van der Waals surface area contributed by atoms with Gasteiger partial charge < -0.3 is 14.9 Å². The van der Waals surface area contributed by atoms with Crippen molar-refractivity contribution in [2.24, 2.45) is 0 Å². The minimum atomic E-state index is 0.520. The zero-order valence-corrected chi connectivity index (χ0v) is 6.57. The summed E-state index contributed by atoms with van der Waals surface area (Å²) in [6.45, 7) is 0. The van der Waals surface area contributed by atoms with E-state index in [0.29, 0.717) is 17.2 Å². The van der Waals surface area contributed by atoms with Crippen LogP contribution in [0.15, 0.2) is 22.9 Å². The van der Waals surface area contributed by atoms with Crippen molar-refractivity contribution in [1.29, 1.82) is 0 Å². The van der Waals surface area contributed by atoms with Crippen LogP contribution < -0.4 is 10.5 Å². The fraction of sp³-hybridized carbons (Fsp3) is 0.125. The Morgan fingerprint density at radius 3 is 3.17 bits per heavy atom. The summed E-state index contributed by atoms with van der Waals surface area (Å²) in [5.74, 6) is 0.619. The lowest BCUT2D eigenvalue weighted by Gasteiger charge is -2.02. The Morgan fingerprint density at radius 2 is 2.42 bits per heavy atom. The molecule has 2 N–H and O–H groups in total. The van der Waals surface area contributed by atoms with Gasteiger partial charge in [0.05, 0.1) is 30.6 Å². The summed E-state index contributed by atoms with van der Waals surface area (Å²) in [7, 11) is 1.57. The first-order chi connectivity index (χ1) is 5.83. The van der Waals surface area contributed by atoms with Gasteiger partial charge in [0.15, 0.2) is 5.75 Å². The zero-order valence-electron chi connectivity index (χ0n) is 6.57. The number of anilines is 1. The summed E-state index contributed by atoms with van der Waals surface area (Å²) in [5.41, 5.74) is 6.69. The number of furan rings is 1. The van der Waals surface area contributed by atoms with Crippen LogP contribution in [0.3, 0.4) is 0 Å². The number of nitrogens with two attached hydrogens (primary N) is 1. The molecule has 2 heterocycles. The van der Waals surface area contributed by atoms with Crippen molar-refractivity contribution >= 4 is 16.8 Å². The zero-order chi connectivity index (χ0) is 8.55. The first-order valence-corrected chi connectivity index (χ1v) is 3.48. The van der Waals surface area contributed by atoms with E-state index in [0.717, 1.165) is 5.39 Å². The lowest BCUT2D eigenvalue weighted by atomic mass is 10.3. The highest BCUT2D eigenvalue weighted by atomic mass is 16.5. The number of pyridine rings is 1. The smallest absolute Gasteiger partial charge is 0.229 e. The molecule has 0 saturated carbocycles. The van der Waals surface area contributed by atoms with Crippen molar-refractivity contribution in [2.75, 3.05) is 12.8 Å². The lowest BCUT2D eigenvalue weighted by molar-refractivity contribution is 0.421. The molecule has 0 atom stereocenters. The van der Waals surface area contributed by atoms with Crippen molar-refractivity contribution in [1.82, 2.24) is 4.98 Å². The summed E-state index contributed by atoms with van der Waals surface area (Å²) in [4.78, 5) is 3.98. The summed E-state index contributed by atoms with van der Waals surface area (Å²) < 4.78 is 10.2. The average Bonchev–Trinajstić information content (AvgIpc) is 2.52. The normalized spacial score (nSPS) is 10.4. The van der Waals surface area contributed by atoms with Crippen molar-refractivity contribution in [2.45, 2.75) is 0 Å². The Balaban J connectivity index is 2.83. The van der Waals surface area contributed by atoms with E-state index in [2.05, 4.69) is 4.98 Å². The van der Waals surface area contributed by atoms with Gasteiger partial charge in [-0.25, -0.2) is 4.98 Å². The van der Waals surface area contributed by atoms with Crippen LogP contribution in [0.5, 0.6) is 5.75 Å². The third-order valence-electron chi connectivity index (χ3n) is 1.68. The molecule has 4 heteroatoms. The number of rotatable bonds is 1. The van der Waals surface area contributed by atoms with Gasteiger partial charge >= 0.3 is 0 Å². The van der Waals surface area contributed by atoms with E-state index in [1.807, 2.05) is 0 Å². The van der Waals surface area contributed by atoms with Crippen molar-refractivity contribution in [3.63, 3.8) is 0 Å². The second-order valence-corrected chi connectivity index (χ2v) is 2.39. The highest BCUT2D eigenvalue weighted by Gasteiger charge is 2.07. The lowest BCUT2D eigenvalue weighted by Crippen LogP contribution is -1.93. The Labute approximate surface area is 68.9 Å². The van der Waals surface area contributed by atoms with Gasteiger partial charge in [0.25, 0.3) is 0 Å². The Bertz CT molecular complexity index is 408. The third-order valence-corrected chi connectivity index (χ3v) is 1.68.